The second kappa shape index (κ2) is 11.0. The van der Waals surface area contributed by atoms with Gasteiger partial charge in [0.2, 0.25) is 10.0 Å². The van der Waals surface area contributed by atoms with Crippen molar-refractivity contribution >= 4 is 27.5 Å². The molecular formula is C23H29ClN2O5S. The Labute approximate surface area is 194 Å². The number of nitrogens with one attached hydrogen (secondary N) is 1. The van der Waals surface area contributed by atoms with Gasteiger partial charge < -0.3 is 14.8 Å². The number of aryl methyl sites for hydroxylation is 2. The minimum Gasteiger partial charge on any atom is -0.492 e. The highest BCUT2D eigenvalue weighted by Gasteiger charge is 2.25. The second-order valence-corrected chi connectivity index (χ2v) is 10.1. The summed E-state index contributed by atoms with van der Waals surface area (Å²) >= 11 is 6.13. The molecule has 2 aromatic rings. The van der Waals surface area contributed by atoms with Crippen LogP contribution in [0, 0.1) is 13.8 Å². The summed E-state index contributed by atoms with van der Waals surface area (Å²) in [5.41, 5.74) is 1.79. The average molecular weight is 481 g/mol. The first kappa shape index (κ1) is 24.4. The number of carbonyl (C=O) groups excluding carboxylic acids is 1. The molecule has 0 atom stereocenters. The molecule has 1 saturated heterocycles. The van der Waals surface area contributed by atoms with Gasteiger partial charge in [-0.25, -0.2) is 8.42 Å². The van der Waals surface area contributed by atoms with Crippen LogP contribution in [0.5, 0.6) is 11.5 Å². The summed E-state index contributed by atoms with van der Waals surface area (Å²) in [6, 6.07) is 9.96. The molecule has 1 N–H and O–H groups in total. The maximum atomic E-state index is 12.7. The zero-order valence-corrected chi connectivity index (χ0v) is 20.0. The number of benzene rings is 2. The van der Waals surface area contributed by atoms with E-state index in [2.05, 4.69) is 5.32 Å². The summed E-state index contributed by atoms with van der Waals surface area (Å²) < 4.78 is 38.0. The van der Waals surface area contributed by atoms with Crippen LogP contribution in [-0.2, 0) is 14.8 Å². The summed E-state index contributed by atoms with van der Waals surface area (Å²) in [6.45, 7) is 5.36. The van der Waals surface area contributed by atoms with E-state index in [1.807, 2.05) is 13.8 Å². The normalized spacial score (nSPS) is 14.7. The van der Waals surface area contributed by atoms with E-state index in [-0.39, 0.29) is 24.0 Å². The highest BCUT2D eigenvalue weighted by molar-refractivity contribution is 7.89. The van der Waals surface area contributed by atoms with Crippen molar-refractivity contribution in [2.24, 2.45) is 0 Å². The summed E-state index contributed by atoms with van der Waals surface area (Å²) in [6.07, 6.45) is 2.87. The van der Waals surface area contributed by atoms with Crippen LogP contribution in [0.15, 0.2) is 41.3 Å². The Balaban J connectivity index is 1.40. The van der Waals surface area contributed by atoms with Crippen LogP contribution in [-0.4, -0.2) is 51.5 Å². The fourth-order valence-electron chi connectivity index (χ4n) is 3.51. The quantitative estimate of drug-likeness (QED) is 0.553. The van der Waals surface area contributed by atoms with Crippen LogP contribution in [0.4, 0.5) is 0 Å². The van der Waals surface area contributed by atoms with Gasteiger partial charge in [0.05, 0.1) is 11.4 Å². The lowest BCUT2D eigenvalue weighted by atomic mass is 10.1. The van der Waals surface area contributed by atoms with Crippen molar-refractivity contribution in [1.29, 1.82) is 0 Å². The number of sulfonamides is 1. The topological polar surface area (TPSA) is 84.9 Å². The van der Waals surface area contributed by atoms with E-state index in [0.29, 0.717) is 36.2 Å². The Kier molecular flexibility index (Phi) is 8.39. The molecule has 32 heavy (non-hydrogen) atoms. The third-order valence-electron chi connectivity index (χ3n) is 5.25. The van der Waals surface area contributed by atoms with Gasteiger partial charge in [0.1, 0.15) is 18.1 Å². The van der Waals surface area contributed by atoms with Crippen molar-refractivity contribution in [3.8, 4) is 11.5 Å². The molecule has 2 aromatic carbocycles. The van der Waals surface area contributed by atoms with Crippen LogP contribution < -0.4 is 14.8 Å². The van der Waals surface area contributed by atoms with Crippen LogP contribution in [0.2, 0.25) is 5.02 Å². The monoisotopic (exact) mass is 480 g/mol. The number of rotatable bonds is 9. The molecule has 7 nitrogen and oxygen atoms in total. The Morgan fingerprint density at radius 1 is 1.00 bits per heavy atom. The fourth-order valence-corrected chi connectivity index (χ4v) is 5.14. The Morgan fingerprint density at radius 3 is 2.25 bits per heavy atom. The van der Waals surface area contributed by atoms with Gasteiger partial charge in [-0.3, -0.25) is 4.79 Å². The molecular weight excluding hydrogens is 452 g/mol. The Hall–Kier alpha value is -2.29. The largest absolute Gasteiger partial charge is 0.492 e. The van der Waals surface area contributed by atoms with E-state index in [1.54, 1.807) is 36.4 Å². The maximum Gasteiger partial charge on any atom is 0.258 e. The molecule has 3 rings (SSSR count). The number of hydrogen-bond donors (Lipinski definition) is 1. The molecule has 1 aliphatic rings. The fraction of sp³-hybridized carbons (Fsp3) is 0.435. The van der Waals surface area contributed by atoms with Crippen molar-refractivity contribution in [3.05, 3.63) is 52.5 Å². The van der Waals surface area contributed by atoms with Crippen molar-refractivity contribution in [1.82, 2.24) is 9.62 Å². The summed E-state index contributed by atoms with van der Waals surface area (Å²) in [4.78, 5) is 12.2. The van der Waals surface area contributed by atoms with Gasteiger partial charge in [0.25, 0.3) is 5.91 Å². The van der Waals surface area contributed by atoms with Gasteiger partial charge >= 0.3 is 0 Å². The van der Waals surface area contributed by atoms with E-state index in [4.69, 9.17) is 21.1 Å². The molecule has 0 radical (unpaired) electrons. The van der Waals surface area contributed by atoms with E-state index in [0.717, 1.165) is 30.4 Å². The zero-order chi connectivity index (χ0) is 23.1. The smallest absolute Gasteiger partial charge is 0.258 e. The Bertz CT molecular complexity index is 1010. The first-order chi connectivity index (χ1) is 15.3. The van der Waals surface area contributed by atoms with Crippen molar-refractivity contribution in [3.63, 3.8) is 0 Å². The van der Waals surface area contributed by atoms with E-state index < -0.39 is 10.0 Å². The number of hydrogen-bond acceptors (Lipinski definition) is 5. The van der Waals surface area contributed by atoms with Gasteiger partial charge in [0.15, 0.2) is 6.61 Å². The second-order valence-electron chi connectivity index (χ2n) is 7.79. The third-order valence-corrected chi connectivity index (χ3v) is 7.76. The Morgan fingerprint density at radius 2 is 1.62 bits per heavy atom. The molecule has 1 heterocycles. The van der Waals surface area contributed by atoms with Crippen molar-refractivity contribution in [2.45, 2.75) is 38.0 Å². The van der Waals surface area contributed by atoms with Gasteiger partial charge in [0, 0.05) is 18.1 Å². The molecule has 174 valence electrons. The predicted octanol–water partition coefficient (Wildman–Crippen LogP) is 3.71. The minimum atomic E-state index is -3.45. The minimum absolute atomic E-state index is 0.108. The molecule has 0 bridgehead atoms. The van der Waals surface area contributed by atoms with Crippen LogP contribution >= 0.6 is 11.6 Å². The number of amides is 1. The van der Waals surface area contributed by atoms with Gasteiger partial charge in [-0.1, -0.05) is 18.0 Å². The molecule has 9 heteroatoms. The maximum absolute atomic E-state index is 12.7. The SMILES string of the molecule is Cc1cc(OCC(=O)NCCOc2ccc(S(=O)(=O)N3CCCCC3)cc2)cc(C)c1Cl. The number of piperidine rings is 1. The summed E-state index contributed by atoms with van der Waals surface area (Å²) in [5.74, 6) is 0.873. The standard InChI is InChI=1S/C23H29ClN2O5S/c1-17-14-20(15-18(2)23(17)24)31-16-22(27)25-10-13-30-19-6-8-21(9-7-19)32(28,29)26-11-4-3-5-12-26/h6-9,14-15H,3-5,10-13,16H2,1-2H3,(H,25,27). The number of nitrogens with zero attached hydrogens (tertiary/aromatic N) is 1. The summed E-state index contributed by atoms with van der Waals surface area (Å²) in [7, 11) is -3.45. The van der Waals surface area contributed by atoms with E-state index in [1.165, 1.54) is 4.31 Å². The first-order valence-corrected chi connectivity index (χ1v) is 12.5. The van der Waals surface area contributed by atoms with E-state index >= 15 is 0 Å². The van der Waals surface area contributed by atoms with Crippen LogP contribution in [0.25, 0.3) is 0 Å². The zero-order valence-electron chi connectivity index (χ0n) is 18.4. The van der Waals surface area contributed by atoms with Gasteiger partial charge in [-0.2, -0.15) is 4.31 Å². The predicted molar refractivity (Wildman–Crippen MR) is 124 cm³/mol. The highest BCUT2D eigenvalue weighted by atomic mass is 35.5. The van der Waals surface area contributed by atoms with E-state index in [9.17, 15) is 13.2 Å². The molecule has 1 amide bonds. The highest BCUT2D eigenvalue weighted by Crippen LogP contribution is 2.26. The lowest BCUT2D eigenvalue weighted by Gasteiger charge is -2.25. The molecule has 0 unspecified atom stereocenters. The molecule has 0 aromatic heterocycles. The number of carbonyl (C=O) groups is 1. The third kappa shape index (κ3) is 6.37. The molecule has 0 spiro atoms. The summed E-state index contributed by atoms with van der Waals surface area (Å²) in [5, 5.41) is 3.42. The molecule has 0 saturated carbocycles. The number of halogens is 1. The van der Waals surface area contributed by atoms with Crippen molar-refractivity contribution in [2.75, 3.05) is 32.8 Å². The first-order valence-electron chi connectivity index (χ1n) is 10.7. The van der Waals surface area contributed by atoms with Crippen molar-refractivity contribution < 1.29 is 22.7 Å². The molecule has 1 fully saturated rings. The van der Waals surface area contributed by atoms with Gasteiger partial charge in [-0.15, -0.1) is 0 Å². The van der Waals surface area contributed by atoms with Crippen LogP contribution in [0.1, 0.15) is 30.4 Å². The van der Waals surface area contributed by atoms with Gasteiger partial charge in [-0.05, 0) is 74.2 Å². The average Bonchev–Trinajstić information content (AvgIpc) is 2.79. The number of ether oxygens (including phenoxy) is 2. The van der Waals surface area contributed by atoms with Crippen LogP contribution in [0.3, 0.4) is 0 Å². The molecule has 1 aliphatic heterocycles. The lowest BCUT2D eigenvalue weighted by molar-refractivity contribution is -0.123. The lowest BCUT2D eigenvalue weighted by Crippen LogP contribution is -2.35. The molecule has 0 aliphatic carbocycles.